The van der Waals surface area contributed by atoms with Gasteiger partial charge in [0.1, 0.15) is 0 Å². The molecule has 78 valence electrons. The van der Waals surface area contributed by atoms with Gasteiger partial charge in [0.15, 0.2) is 0 Å². The Balaban J connectivity index is 2.47. The Bertz CT molecular complexity index is 335. The van der Waals surface area contributed by atoms with Gasteiger partial charge in [-0.1, -0.05) is 0 Å². The summed E-state index contributed by atoms with van der Waals surface area (Å²) >= 11 is 0. The molecule has 1 aromatic heterocycles. The largest absolute Gasteiger partial charge is 0.397 e. The highest BCUT2D eigenvalue weighted by molar-refractivity contribution is 5.31. The van der Waals surface area contributed by atoms with Gasteiger partial charge in [-0.3, -0.25) is 4.79 Å². The van der Waals surface area contributed by atoms with Crippen LogP contribution in [0.5, 0.6) is 0 Å². The second kappa shape index (κ2) is 5.39. The Morgan fingerprint density at radius 2 is 2.43 bits per heavy atom. The maximum Gasteiger partial charge on any atom is 0.268 e. The van der Waals surface area contributed by atoms with Gasteiger partial charge < -0.3 is 10.5 Å². The molecule has 0 spiro atoms. The molecule has 2 N–H and O–H groups in total. The molecule has 5 nitrogen and oxygen atoms in total. The topological polar surface area (TPSA) is 70.1 Å². The van der Waals surface area contributed by atoms with Crippen LogP contribution in [-0.4, -0.2) is 23.0 Å². The highest BCUT2D eigenvalue weighted by atomic mass is 16.5. The van der Waals surface area contributed by atoms with Crippen LogP contribution < -0.4 is 11.3 Å². The van der Waals surface area contributed by atoms with Gasteiger partial charge in [0.2, 0.25) is 0 Å². The van der Waals surface area contributed by atoms with Gasteiger partial charge in [0.25, 0.3) is 5.56 Å². The van der Waals surface area contributed by atoms with Crippen molar-refractivity contribution in [1.29, 1.82) is 0 Å². The third kappa shape index (κ3) is 3.18. The number of rotatable bonds is 5. The zero-order chi connectivity index (χ0) is 10.4. The highest BCUT2D eigenvalue weighted by Gasteiger charge is 1.97. The zero-order valence-electron chi connectivity index (χ0n) is 8.27. The summed E-state index contributed by atoms with van der Waals surface area (Å²) in [6.45, 7) is 3.85. The molecule has 0 fully saturated rings. The van der Waals surface area contributed by atoms with Crippen LogP contribution in [0, 0.1) is 0 Å². The first-order chi connectivity index (χ1) is 6.74. The number of nitrogens with two attached hydrogens (primary N) is 1. The summed E-state index contributed by atoms with van der Waals surface area (Å²) in [5, 5.41) is 3.90. The summed E-state index contributed by atoms with van der Waals surface area (Å²) < 4.78 is 6.54. The second-order valence-electron chi connectivity index (χ2n) is 2.90. The van der Waals surface area contributed by atoms with Gasteiger partial charge in [-0.2, -0.15) is 5.10 Å². The van der Waals surface area contributed by atoms with E-state index in [4.69, 9.17) is 10.5 Å². The van der Waals surface area contributed by atoms with Crippen LogP contribution in [-0.2, 0) is 11.3 Å². The predicted molar refractivity (Wildman–Crippen MR) is 54.0 cm³/mol. The first-order valence-electron chi connectivity index (χ1n) is 4.64. The molecule has 1 aromatic rings. The number of nitrogen functional groups attached to an aromatic ring is 1. The molecule has 0 saturated carbocycles. The Morgan fingerprint density at radius 3 is 3.07 bits per heavy atom. The maximum atomic E-state index is 11.3. The SMILES string of the molecule is CCOCCCn1ncc(N)cc1=O. The van der Waals surface area contributed by atoms with Crippen molar-refractivity contribution in [3.8, 4) is 0 Å². The summed E-state index contributed by atoms with van der Waals surface area (Å²) in [5.41, 5.74) is 5.64. The van der Waals surface area contributed by atoms with Crippen LogP contribution in [0.2, 0.25) is 0 Å². The minimum atomic E-state index is -0.165. The Kier molecular flexibility index (Phi) is 4.12. The molecule has 0 bridgehead atoms. The summed E-state index contributed by atoms with van der Waals surface area (Å²) in [6.07, 6.45) is 2.26. The average molecular weight is 197 g/mol. The third-order valence-corrected chi connectivity index (χ3v) is 1.75. The van der Waals surface area contributed by atoms with Crippen molar-refractivity contribution in [3.63, 3.8) is 0 Å². The monoisotopic (exact) mass is 197 g/mol. The lowest BCUT2D eigenvalue weighted by atomic mass is 10.4. The summed E-state index contributed by atoms with van der Waals surface area (Å²) in [6, 6.07) is 1.37. The molecule has 0 aliphatic carbocycles. The number of aromatic nitrogens is 2. The van der Waals surface area contributed by atoms with Crippen molar-refractivity contribution in [2.24, 2.45) is 0 Å². The molecule has 14 heavy (non-hydrogen) atoms. The summed E-state index contributed by atoms with van der Waals surface area (Å²) in [5.74, 6) is 0. The van der Waals surface area contributed by atoms with E-state index < -0.39 is 0 Å². The number of anilines is 1. The average Bonchev–Trinajstić information content (AvgIpc) is 2.15. The number of ether oxygens (including phenoxy) is 1. The van der Waals surface area contributed by atoms with Crippen molar-refractivity contribution >= 4 is 5.69 Å². The van der Waals surface area contributed by atoms with Gasteiger partial charge in [0, 0.05) is 25.8 Å². The van der Waals surface area contributed by atoms with Crippen LogP contribution in [0.4, 0.5) is 5.69 Å². The fraction of sp³-hybridized carbons (Fsp3) is 0.556. The summed E-state index contributed by atoms with van der Waals surface area (Å²) in [4.78, 5) is 11.3. The minimum Gasteiger partial charge on any atom is -0.397 e. The lowest BCUT2D eigenvalue weighted by Crippen LogP contribution is -2.23. The number of hydrogen-bond donors (Lipinski definition) is 1. The molecule has 1 heterocycles. The number of hydrogen-bond acceptors (Lipinski definition) is 4. The maximum absolute atomic E-state index is 11.3. The molecular formula is C9H15N3O2. The molecule has 0 radical (unpaired) electrons. The fourth-order valence-electron chi connectivity index (χ4n) is 1.08. The van der Waals surface area contributed by atoms with Gasteiger partial charge in [-0.05, 0) is 13.3 Å². The summed E-state index contributed by atoms with van der Waals surface area (Å²) in [7, 11) is 0. The van der Waals surface area contributed by atoms with E-state index in [-0.39, 0.29) is 5.56 Å². The van der Waals surface area contributed by atoms with Crippen molar-refractivity contribution in [2.75, 3.05) is 18.9 Å². The van der Waals surface area contributed by atoms with Crippen LogP contribution in [0.25, 0.3) is 0 Å². The molecule has 0 amide bonds. The van der Waals surface area contributed by atoms with E-state index in [9.17, 15) is 4.79 Å². The normalized spacial score (nSPS) is 10.4. The van der Waals surface area contributed by atoms with E-state index in [1.165, 1.54) is 16.9 Å². The predicted octanol–water partition coefficient (Wildman–Crippen LogP) is 0.252. The van der Waals surface area contributed by atoms with Crippen molar-refractivity contribution in [3.05, 3.63) is 22.6 Å². The molecule has 0 aromatic carbocycles. The standard InChI is InChI=1S/C9H15N3O2/c1-2-14-5-3-4-12-9(13)6-8(10)7-11-12/h6-7H,2-5,10H2,1H3. The van der Waals surface area contributed by atoms with Crippen molar-refractivity contribution in [2.45, 2.75) is 19.9 Å². The fourth-order valence-corrected chi connectivity index (χ4v) is 1.08. The quantitative estimate of drug-likeness (QED) is 0.687. The van der Waals surface area contributed by atoms with E-state index in [2.05, 4.69) is 5.10 Å². The Hall–Kier alpha value is -1.36. The molecule has 0 saturated heterocycles. The van der Waals surface area contributed by atoms with Crippen LogP contribution in [0.3, 0.4) is 0 Å². The van der Waals surface area contributed by atoms with E-state index in [0.29, 0.717) is 25.4 Å². The van der Waals surface area contributed by atoms with E-state index in [1.54, 1.807) is 0 Å². The van der Waals surface area contributed by atoms with Gasteiger partial charge in [0.05, 0.1) is 11.9 Å². The molecule has 0 unspecified atom stereocenters. The zero-order valence-corrected chi connectivity index (χ0v) is 8.27. The lowest BCUT2D eigenvalue weighted by Gasteiger charge is -2.04. The molecule has 5 heteroatoms. The van der Waals surface area contributed by atoms with Crippen molar-refractivity contribution < 1.29 is 4.74 Å². The lowest BCUT2D eigenvalue weighted by molar-refractivity contribution is 0.140. The Morgan fingerprint density at radius 1 is 1.64 bits per heavy atom. The van der Waals surface area contributed by atoms with Gasteiger partial charge in [-0.15, -0.1) is 0 Å². The number of aryl methyl sites for hydroxylation is 1. The second-order valence-corrected chi connectivity index (χ2v) is 2.90. The van der Waals surface area contributed by atoms with E-state index >= 15 is 0 Å². The highest BCUT2D eigenvalue weighted by Crippen LogP contribution is 1.92. The van der Waals surface area contributed by atoms with Crippen LogP contribution in [0.1, 0.15) is 13.3 Å². The van der Waals surface area contributed by atoms with Crippen LogP contribution in [0.15, 0.2) is 17.1 Å². The molecular weight excluding hydrogens is 182 g/mol. The number of nitrogens with zero attached hydrogens (tertiary/aromatic N) is 2. The Labute approximate surface area is 82.5 Å². The molecule has 0 aliphatic heterocycles. The third-order valence-electron chi connectivity index (χ3n) is 1.75. The minimum absolute atomic E-state index is 0.165. The van der Waals surface area contributed by atoms with Crippen molar-refractivity contribution in [1.82, 2.24) is 9.78 Å². The first kappa shape index (κ1) is 10.7. The van der Waals surface area contributed by atoms with E-state index in [0.717, 1.165) is 6.42 Å². The van der Waals surface area contributed by atoms with Gasteiger partial charge in [-0.25, -0.2) is 4.68 Å². The molecule has 0 aliphatic rings. The van der Waals surface area contributed by atoms with Gasteiger partial charge >= 0.3 is 0 Å². The molecule has 0 atom stereocenters. The van der Waals surface area contributed by atoms with Crippen LogP contribution >= 0.6 is 0 Å². The first-order valence-corrected chi connectivity index (χ1v) is 4.64. The smallest absolute Gasteiger partial charge is 0.268 e. The van der Waals surface area contributed by atoms with E-state index in [1.807, 2.05) is 6.92 Å². The molecule has 1 rings (SSSR count).